The average molecular weight is 441 g/mol. The van der Waals surface area contributed by atoms with Crippen molar-refractivity contribution < 1.29 is 0 Å². The first-order valence-electron chi connectivity index (χ1n) is 11.3. The van der Waals surface area contributed by atoms with Crippen LogP contribution in [-0.4, -0.2) is 4.57 Å². The van der Waals surface area contributed by atoms with Crippen LogP contribution in [0, 0.1) is 0 Å². The predicted octanol–water partition coefficient (Wildman–Crippen LogP) is 7.42. The van der Waals surface area contributed by atoms with Gasteiger partial charge in [-0.15, -0.1) is 0 Å². The average Bonchev–Trinajstić information content (AvgIpc) is 3.19. The molecule has 0 radical (unpaired) electrons. The normalized spacial score (nSPS) is 11.2. The van der Waals surface area contributed by atoms with Crippen molar-refractivity contribution in [3.05, 3.63) is 121 Å². The highest BCUT2D eigenvalue weighted by atomic mass is 15.1. The number of aromatic nitrogens is 1. The predicted molar refractivity (Wildman–Crippen MR) is 144 cm³/mol. The van der Waals surface area contributed by atoms with E-state index in [1.54, 1.807) is 0 Å². The summed E-state index contributed by atoms with van der Waals surface area (Å²) in [6.07, 6.45) is 0. The lowest BCUT2D eigenvalue weighted by atomic mass is 10.1. The lowest BCUT2D eigenvalue weighted by molar-refractivity contribution is 1.18. The van der Waals surface area contributed by atoms with Crippen LogP contribution < -0.4 is 16.4 Å². The molecule has 164 valence electrons. The Morgan fingerprint density at radius 2 is 1.06 bits per heavy atom. The minimum Gasteiger partial charge on any atom is -0.399 e. The van der Waals surface area contributed by atoms with Gasteiger partial charge >= 0.3 is 0 Å². The second-order valence-electron chi connectivity index (χ2n) is 8.41. The molecule has 4 nitrogen and oxygen atoms in total. The molecule has 0 amide bonds. The Morgan fingerprint density at radius 3 is 1.74 bits per heavy atom. The molecule has 1 heterocycles. The fraction of sp³-hybridized carbons (Fsp3) is 0. The van der Waals surface area contributed by atoms with Gasteiger partial charge in [0.05, 0.1) is 11.0 Å². The number of hydrogen-bond donors (Lipinski definition) is 2. The summed E-state index contributed by atoms with van der Waals surface area (Å²) in [5.41, 5.74) is 20.2. The molecular formula is C30H24N4. The zero-order chi connectivity index (χ0) is 23.1. The number of anilines is 5. The second-order valence-corrected chi connectivity index (χ2v) is 8.41. The third kappa shape index (κ3) is 3.33. The van der Waals surface area contributed by atoms with Gasteiger partial charge < -0.3 is 20.9 Å². The summed E-state index contributed by atoms with van der Waals surface area (Å²) < 4.78 is 2.32. The van der Waals surface area contributed by atoms with Gasteiger partial charge in [0.1, 0.15) is 0 Å². The molecule has 0 aliphatic heterocycles. The molecule has 0 bridgehead atoms. The van der Waals surface area contributed by atoms with E-state index >= 15 is 0 Å². The van der Waals surface area contributed by atoms with Crippen LogP contribution in [-0.2, 0) is 0 Å². The number of hydrogen-bond acceptors (Lipinski definition) is 3. The van der Waals surface area contributed by atoms with Crippen LogP contribution in [0.25, 0.3) is 27.5 Å². The number of benzene rings is 5. The maximum atomic E-state index is 6.16. The van der Waals surface area contributed by atoms with Crippen LogP contribution in [0.2, 0.25) is 0 Å². The van der Waals surface area contributed by atoms with Crippen molar-refractivity contribution >= 4 is 50.2 Å². The highest BCUT2D eigenvalue weighted by Gasteiger charge is 2.17. The minimum absolute atomic E-state index is 0.716. The van der Waals surface area contributed by atoms with E-state index in [1.165, 1.54) is 16.3 Å². The van der Waals surface area contributed by atoms with Crippen molar-refractivity contribution in [2.45, 2.75) is 0 Å². The Morgan fingerprint density at radius 1 is 0.471 bits per heavy atom. The van der Waals surface area contributed by atoms with E-state index in [9.17, 15) is 0 Å². The number of nitrogens with zero attached hydrogens (tertiary/aromatic N) is 2. The largest absolute Gasteiger partial charge is 0.399 e. The topological polar surface area (TPSA) is 60.2 Å². The number of fused-ring (bicyclic) bond motifs is 3. The summed E-state index contributed by atoms with van der Waals surface area (Å²) in [4.78, 5) is 2.20. The van der Waals surface area contributed by atoms with Gasteiger partial charge in [-0.05, 0) is 72.8 Å². The van der Waals surface area contributed by atoms with Gasteiger partial charge in [0, 0.05) is 44.9 Å². The molecule has 0 spiro atoms. The van der Waals surface area contributed by atoms with E-state index in [1.807, 2.05) is 42.5 Å². The monoisotopic (exact) mass is 440 g/mol. The van der Waals surface area contributed by atoms with E-state index in [0.717, 1.165) is 28.3 Å². The molecule has 0 aliphatic carbocycles. The smallest absolute Gasteiger partial charge is 0.0542 e. The van der Waals surface area contributed by atoms with Gasteiger partial charge in [-0.2, -0.15) is 0 Å². The molecule has 0 saturated carbocycles. The van der Waals surface area contributed by atoms with Crippen LogP contribution >= 0.6 is 0 Å². The van der Waals surface area contributed by atoms with Crippen molar-refractivity contribution in [1.82, 2.24) is 4.57 Å². The Balaban J connectivity index is 1.62. The Labute approximate surface area is 198 Å². The van der Waals surface area contributed by atoms with Crippen LogP contribution in [0.15, 0.2) is 121 Å². The summed E-state index contributed by atoms with van der Waals surface area (Å²) >= 11 is 0. The van der Waals surface area contributed by atoms with Crippen molar-refractivity contribution in [1.29, 1.82) is 0 Å². The molecule has 0 saturated heterocycles. The molecule has 0 aliphatic rings. The maximum absolute atomic E-state index is 6.16. The van der Waals surface area contributed by atoms with Crippen molar-refractivity contribution in [3.63, 3.8) is 0 Å². The van der Waals surface area contributed by atoms with E-state index in [-0.39, 0.29) is 0 Å². The van der Waals surface area contributed by atoms with Crippen LogP contribution in [0.5, 0.6) is 0 Å². The molecule has 5 aromatic carbocycles. The molecule has 0 fully saturated rings. The third-order valence-electron chi connectivity index (χ3n) is 6.19. The lowest BCUT2D eigenvalue weighted by Gasteiger charge is -2.26. The Bertz CT molecular complexity index is 1590. The molecule has 1 aromatic heterocycles. The van der Waals surface area contributed by atoms with Crippen molar-refractivity contribution in [3.8, 4) is 5.69 Å². The standard InChI is InChI=1S/C30H24N4/c31-21-8-6-12-24(18-21)33(25-13-7-9-22(32)19-25)26-16-17-30-28(20-26)27-14-4-5-15-29(27)34(30)23-10-2-1-3-11-23/h1-20H,31-32H2. The van der Waals surface area contributed by atoms with Crippen molar-refractivity contribution in [2.75, 3.05) is 16.4 Å². The Kier molecular flexibility index (Phi) is 4.70. The first-order valence-corrected chi connectivity index (χ1v) is 11.3. The van der Waals surface area contributed by atoms with Gasteiger partial charge in [0.2, 0.25) is 0 Å². The van der Waals surface area contributed by atoms with E-state index in [4.69, 9.17) is 11.5 Å². The lowest BCUT2D eigenvalue weighted by Crippen LogP contribution is -2.10. The fourth-order valence-corrected chi connectivity index (χ4v) is 4.73. The maximum Gasteiger partial charge on any atom is 0.0542 e. The second kappa shape index (κ2) is 8.01. The number of rotatable bonds is 4. The van der Waals surface area contributed by atoms with Crippen LogP contribution in [0.1, 0.15) is 0 Å². The summed E-state index contributed by atoms with van der Waals surface area (Å²) in [6.45, 7) is 0. The number of nitrogens with two attached hydrogens (primary N) is 2. The molecule has 0 unspecified atom stereocenters. The first-order chi connectivity index (χ1) is 16.7. The summed E-state index contributed by atoms with van der Waals surface area (Å²) in [7, 11) is 0. The summed E-state index contributed by atoms with van der Waals surface area (Å²) in [5.74, 6) is 0. The van der Waals surface area contributed by atoms with Gasteiger partial charge in [-0.3, -0.25) is 0 Å². The highest BCUT2D eigenvalue weighted by Crippen LogP contribution is 2.40. The minimum atomic E-state index is 0.716. The van der Waals surface area contributed by atoms with E-state index in [2.05, 4.69) is 88.3 Å². The third-order valence-corrected chi connectivity index (χ3v) is 6.19. The highest BCUT2D eigenvalue weighted by molar-refractivity contribution is 6.10. The molecule has 34 heavy (non-hydrogen) atoms. The van der Waals surface area contributed by atoms with Crippen LogP contribution in [0.3, 0.4) is 0 Å². The zero-order valence-corrected chi connectivity index (χ0v) is 18.6. The fourth-order valence-electron chi connectivity index (χ4n) is 4.73. The molecule has 6 rings (SSSR count). The molecule has 4 N–H and O–H groups in total. The first kappa shape index (κ1) is 19.9. The SMILES string of the molecule is Nc1cccc(N(c2cccc(N)c2)c2ccc3c(c2)c2ccccc2n3-c2ccccc2)c1. The molecule has 4 heteroatoms. The van der Waals surface area contributed by atoms with Gasteiger partial charge in [0.25, 0.3) is 0 Å². The van der Waals surface area contributed by atoms with Gasteiger partial charge in [0.15, 0.2) is 0 Å². The summed E-state index contributed by atoms with van der Waals surface area (Å²) in [5, 5.41) is 2.40. The van der Waals surface area contributed by atoms with Crippen LogP contribution in [0.4, 0.5) is 28.4 Å². The quantitative estimate of drug-likeness (QED) is 0.280. The van der Waals surface area contributed by atoms with Gasteiger partial charge in [-0.1, -0.05) is 48.5 Å². The molecular weight excluding hydrogens is 416 g/mol. The molecule has 0 atom stereocenters. The van der Waals surface area contributed by atoms with E-state index < -0.39 is 0 Å². The number of nitrogen functional groups attached to an aromatic ring is 2. The van der Waals surface area contributed by atoms with Crippen molar-refractivity contribution in [2.24, 2.45) is 0 Å². The van der Waals surface area contributed by atoms with E-state index in [0.29, 0.717) is 11.4 Å². The summed E-state index contributed by atoms with van der Waals surface area (Å²) in [6, 6.07) is 41.5. The zero-order valence-electron chi connectivity index (χ0n) is 18.6. The Hall–Kier alpha value is -4.70. The molecule has 6 aromatic rings. The number of para-hydroxylation sites is 2. The van der Waals surface area contributed by atoms with Gasteiger partial charge in [-0.25, -0.2) is 0 Å².